The highest BCUT2D eigenvalue weighted by Gasteiger charge is 2.18. The van der Waals surface area contributed by atoms with Crippen LogP contribution in [0.2, 0.25) is 5.02 Å². The lowest BCUT2D eigenvalue weighted by Crippen LogP contribution is -2.45. The molecule has 1 aliphatic heterocycles. The minimum atomic E-state index is -0.205. The Kier molecular flexibility index (Phi) is 6.42. The number of hydrogen-bond donors (Lipinski definition) is 3. The number of carbonyl (C=O) groups excluding carboxylic acids is 2. The van der Waals surface area contributed by atoms with E-state index in [1.54, 1.807) is 18.2 Å². The van der Waals surface area contributed by atoms with Crippen LogP contribution >= 0.6 is 11.6 Å². The Hall–Kier alpha value is -1.59. The van der Waals surface area contributed by atoms with Gasteiger partial charge in [-0.25, -0.2) is 0 Å². The first-order valence-corrected chi connectivity index (χ1v) is 8.44. The van der Waals surface area contributed by atoms with Gasteiger partial charge in [-0.2, -0.15) is 0 Å². The van der Waals surface area contributed by atoms with Gasteiger partial charge >= 0.3 is 0 Å². The molecule has 1 fully saturated rings. The molecular weight excluding hydrogens is 314 g/mol. The lowest BCUT2D eigenvalue weighted by atomic mass is 10.1. The average molecular weight is 338 g/mol. The van der Waals surface area contributed by atoms with Gasteiger partial charge < -0.3 is 16.0 Å². The van der Waals surface area contributed by atoms with E-state index in [9.17, 15) is 9.59 Å². The molecule has 0 saturated carbocycles. The summed E-state index contributed by atoms with van der Waals surface area (Å²) in [6.07, 6.45) is 2.45. The lowest BCUT2D eigenvalue weighted by Gasteiger charge is -2.24. The summed E-state index contributed by atoms with van der Waals surface area (Å²) in [5.74, 6) is 0.0118. The van der Waals surface area contributed by atoms with Gasteiger partial charge in [0, 0.05) is 24.7 Å². The van der Waals surface area contributed by atoms with Crippen molar-refractivity contribution < 1.29 is 9.59 Å². The van der Waals surface area contributed by atoms with E-state index < -0.39 is 0 Å². The maximum atomic E-state index is 12.4. The Balaban J connectivity index is 2.04. The molecule has 0 aliphatic carbocycles. The zero-order valence-electron chi connectivity index (χ0n) is 13.6. The molecular formula is C17H24ClN3O2. The smallest absolute Gasteiger partial charge is 0.253 e. The van der Waals surface area contributed by atoms with Gasteiger partial charge in [0.05, 0.1) is 10.6 Å². The van der Waals surface area contributed by atoms with Crippen LogP contribution in [0.3, 0.4) is 0 Å². The zero-order valence-corrected chi connectivity index (χ0v) is 14.4. The first-order chi connectivity index (χ1) is 11.0. The van der Waals surface area contributed by atoms with Crippen molar-refractivity contribution in [2.45, 2.75) is 39.2 Å². The third-order valence-electron chi connectivity index (χ3n) is 3.72. The van der Waals surface area contributed by atoms with Crippen molar-refractivity contribution in [3.05, 3.63) is 28.8 Å². The van der Waals surface area contributed by atoms with Crippen molar-refractivity contribution in [1.82, 2.24) is 10.6 Å². The summed E-state index contributed by atoms with van der Waals surface area (Å²) < 4.78 is 0. The topological polar surface area (TPSA) is 70.2 Å². The van der Waals surface area contributed by atoms with E-state index in [0.717, 1.165) is 25.9 Å². The van der Waals surface area contributed by atoms with Gasteiger partial charge in [0.15, 0.2) is 0 Å². The first-order valence-electron chi connectivity index (χ1n) is 8.06. The van der Waals surface area contributed by atoms with Gasteiger partial charge in [0.2, 0.25) is 5.91 Å². The molecule has 2 amide bonds. The maximum Gasteiger partial charge on any atom is 0.253 e. The van der Waals surface area contributed by atoms with E-state index in [4.69, 9.17) is 11.6 Å². The minimum absolute atomic E-state index is 0.0647. The fraction of sp³-hybridized carbons (Fsp3) is 0.529. The summed E-state index contributed by atoms with van der Waals surface area (Å²) in [7, 11) is 0. The predicted octanol–water partition coefficient (Wildman–Crippen LogP) is 2.81. The van der Waals surface area contributed by atoms with Gasteiger partial charge in [-0.1, -0.05) is 25.4 Å². The van der Waals surface area contributed by atoms with Crippen LogP contribution in [-0.2, 0) is 4.79 Å². The van der Waals surface area contributed by atoms with E-state index in [1.807, 2.05) is 13.8 Å². The third-order valence-corrected chi connectivity index (χ3v) is 4.05. The van der Waals surface area contributed by atoms with E-state index in [1.165, 1.54) is 0 Å². The highest BCUT2D eigenvalue weighted by atomic mass is 35.5. The normalized spacial score (nSPS) is 17.8. The molecule has 1 aromatic rings. The fourth-order valence-electron chi connectivity index (χ4n) is 2.60. The molecule has 1 aliphatic rings. The second-order valence-corrected chi connectivity index (χ2v) is 6.76. The number of rotatable bonds is 5. The summed E-state index contributed by atoms with van der Waals surface area (Å²) in [6.45, 7) is 5.73. The van der Waals surface area contributed by atoms with Crippen molar-refractivity contribution in [1.29, 1.82) is 0 Å². The Morgan fingerprint density at radius 1 is 1.39 bits per heavy atom. The number of benzene rings is 1. The first kappa shape index (κ1) is 17.8. The van der Waals surface area contributed by atoms with Crippen molar-refractivity contribution in [3.8, 4) is 0 Å². The Morgan fingerprint density at radius 2 is 2.17 bits per heavy atom. The summed E-state index contributed by atoms with van der Waals surface area (Å²) in [5, 5.41) is 9.44. The van der Waals surface area contributed by atoms with E-state index in [2.05, 4.69) is 16.0 Å². The molecule has 1 heterocycles. The minimum Gasteiger partial charge on any atom is -0.348 e. The molecule has 1 aromatic carbocycles. The van der Waals surface area contributed by atoms with Crippen LogP contribution in [-0.4, -0.2) is 30.9 Å². The average Bonchev–Trinajstić information content (AvgIpc) is 2.49. The fourth-order valence-corrected chi connectivity index (χ4v) is 2.80. The third kappa shape index (κ3) is 5.52. The van der Waals surface area contributed by atoms with Gasteiger partial charge in [-0.15, -0.1) is 0 Å². The molecule has 1 unspecified atom stereocenters. The molecule has 1 atom stereocenters. The number of anilines is 1. The Morgan fingerprint density at radius 3 is 2.83 bits per heavy atom. The molecule has 2 rings (SSSR count). The van der Waals surface area contributed by atoms with Crippen molar-refractivity contribution in [2.24, 2.45) is 5.92 Å². The summed E-state index contributed by atoms with van der Waals surface area (Å²) in [6, 6.07) is 5.10. The van der Waals surface area contributed by atoms with Crippen LogP contribution in [0.15, 0.2) is 18.2 Å². The Bertz CT molecular complexity index is 569. The largest absolute Gasteiger partial charge is 0.348 e. The number of carbonyl (C=O) groups is 2. The zero-order chi connectivity index (χ0) is 16.8. The van der Waals surface area contributed by atoms with Crippen molar-refractivity contribution in [3.63, 3.8) is 0 Å². The van der Waals surface area contributed by atoms with Crippen molar-refractivity contribution in [2.75, 3.05) is 18.4 Å². The molecule has 0 radical (unpaired) electrons. The van der Waals surface area contributed by atoms with E-state index >= 15 is 0 Å². The molecule has 126 valence electrons. The number of amides is 2. The van der Waals surface area contributed by atoms with Gasteiger partial charge in [0.1, 0.15) is 0 Å². The molecule has 6 heteroatoms. The molecule has 5 nitrogen and oxygen atoms in total. The molecule has 3 N–H and O–H groups in total. The quantitative estimate of drug-likeness (QED) is 0.773. The molecule has 1 saturated heterocycles. The van der Waals surface area contributed by atoms with Crippen LogP contribution in [0.4, 0.5) is 5.69 Å². The van der Waals surface area contributed by atoms with Crippen LogP contribution < -0.4 is 16.0 Å². The highest BCUT2D eigenvalue weighted by molar-refractivity contribution is 6.34. The SMILES string of the molecule is CC(C)CC(=O)Nc1ccc(Cl)c(C(=O)NC2CCCNC2)c1. The number of halogens is 1. The van der Waals surface area contributed by atoms with Crippen LogP contribution in [0, 0.1) is 5.92 Å². The van der Waals surface area contributed by atoms with Crippen LogP contribution in [0.5, 0.6) is 0 Å². The van der Waals surface area contributed by atoms with E-state index in [-0.39, 0.29) is 23.8 Å². The van der Waals surface area contributed by atoms with Gasteiger partial charge in [0.25, 0.3) is 5.91 Å². The summed E-state index contributed by atoms with van der Waals surface area (Å²) in [4.78, 5) is 24.3. The summed E-state index contributed by atoms with van der Waals surface area (Å²) >= 11 is 6.14. The van der Waals surface area contributed by atoms with Gasteiger partial charge in [-0.05, 0) is 43.5 Å². The Labute approximate surface area is 142 Å². The van der Waals surface area contributed by atoms with Gasteiger partial charge in [-0.3, -0.25) is 9.59 Å². The molecule has 23 heavy (non-hydrogen) atoms. The predicted molar refractivity (Wildman–Crippen MR) is 92.9 cm³/mol. The molecule has 0 bridgehead atoms. The summed E-state index contributed by atoms with van der Waals surface area (Å²) in [5.41, 5.74) is 0.978. The highest BCUT2D eigenvalue weighted by Crippen LogP contribution is 2.21. The second-order valence-electron chi connectivity index (χ2n) is 6.36. The van der Waals surface area contributed by atoms with Crippen molar-refractivity contribution >= 4 is 29.1 Å². The number of piperidine rings is 1. The van der Waals surface area contributed by atoms with Crippen LogP contribution in [0.25, 0.3) is 0 Å². The number of hydrogen-bond acceptors (Lipinski definition) is 3. The maximum absolute atomic E-state index is 12.4. The van der Waals surface area contributed by atoms with Crippen LogP contribution in [0.1, 0.15) is 43.5 Å². The monoisotopic (exact) mass is 337 g/mol. The number of nitrogens with one attached hydrogen (secondary N) is 3. The van der Waals surface area contributed by atoms with E-state index in [0.29, 0.717) is 22.7 Å². The standard InChI is InChI=1S/C17H24ClN3O2/c1-11(2)8-16(22)20-12-5-6-15(18)14(9-12)17(23)21-13-4-3-7-19-10-13/h5-6,9,11,13,19H,3-4,7-8,10H2,1-2H3,(H,20,22)(H,21,23). The lowest BCUT2D eigenvalue weighted by molar-refractivity contribution is -0.116. The molecule has 0 aromatic heterocycles. The second kappa shape index (κ2) is 8.31. The molecule has 0 spiro atoms.